The van der Waals surface area contributed by atoms with Crippen LogP contribution in [0.3, 0.4) is 0 Å². The van der Waals surface area contributed by atoms with Gasteiger partial charge in [0, 0.05) is 5.69 Å². The molecule has 0 fully saturated rings. The summed E-state index contributed by atoms with van der Waals surface area (Å²) < 4.78 is 0. The van der Waals surface area contributed by atoms with E-state index in [2.05, 4.69) is 15.0 Å². The Balaban J connectivity index is 2.25. The molecule has 1 aliphatic rings. The second-order valence-corrected chi connectivity index (χ2v) is 3.15. The fourth-order valence-electron chi connectivity index (χ4n) is 1.75. The molecule has 1 aromatic rings. The van der Waals surface area contributed by atoms with Gasteiger partial charge in [0.25, 0.3) is 0 Å². The maximum absolute atomic E-state index is 5.00. The smallest absolute Gasteiger partial charge is 0.112 e. The highest BCUT2D eigenvalue weighted by atomic mass is 16.6. The number of nitrogens with zero attached hydrogens (tertiary/aromatic N) is 1. The molecular formula is C8H13N3O. The van der Waals surface area contributed by atoms with Crippen molar-refractivity contribution < 1.29 is 4.84 Å². The first-order valence-electron chi connectivity index (χ1n) is 4.28. The molecule has 0 saturated heterocycles. The predicted octanol–water partition coefficient (Wildman–Crippen LogP) is 0.679. The van der Waals surface area contributed by atoms with Crippen LogP contribution in [0.4, 0.5) is 0 Å². The van der Waals surface area contributed by atoms with E-state index in [1.165, 1.54) is 24.1 Å². The molecule has 1 heterocycles. The van der Waals surface area contributed by atoms with Gasteiger partial charge in [-0.05, 0) is 31.2 Å². The van der Waals surface area contributed by atoms with Crippen LogP contribution in [0.5, 0.6) is 0 Å². The van der Waals surface area contributed by atoms with Crippen LogP contribution >= 0.6 is 0 Å². The van der Waals surface area contributed by atoms with Crippen LogP contribution in [-0.4, -0.2) is 10.2 Å². The Labute approximate surface area is 71.1 Å². The molecule has 0 aromatic carbocycles. The van der Waals surface area contributed by atoms with Crippen molar-refractivity contribution in [3.05, 3.63) is 17.0 Å². The van der Waals surface area contributed by atoms with Crippen LogP contribution in [0, 0.1) is 0 Å². The van der Waals surface area contributed by atoms with E-state index in [1.807, 2.05) is 0 Å². The minimum absolute atomic E-state index is 0.422. The summed E-state index contributed by atoms with van der Waals surface area (Å²) in [5, 5.41) is 7.18. The zero-order valence-electron chi connectivity index (χ0n) is 6.97. The van der Waals surface area contributed by atoms with Crippen molar-refractivity contribution in [3.8, 4) is 0 Å². The predicted molar refractivity (Wildman–Crippen MR) is 44.2 cm³/mol. The van der Waals surface area contributed by atoms with E-state index in [0.29, 0.717) is 6.61 Å². The van der Waals surface area contributed by atoms with Crippen LogP contribution in [-0.2, 0) is 24.3 Å². The lowest BCUT2D eigenvalue weighted by Crippen LogP contribution is -2.05. The van der Waals surface area contributed by atoms with Crippen molar-refractivity contribution in [2.24, 2.45) is 5.90 Å². The molecule has 12 heavy (non-hydrogen) atoms. The van der Waals surface area contributed by atoms with Crippen LogP contribution in [0.25, 0.3) is 0 Å². The molecular weight excluding hydrogens is 154 g/mol. The Morgan fingerprint density at radius 2 is 2.25 bits per heavy atom. The second-order valence-electron chi connectivity index (χ2n) is 3.15. The summed E-state index contributed by atoms with van der Waals surface area (Å²) in [5.74, 6) is 5.00. The standard InChI is InChI=1S/C8H13N3O/c9-12-5-8-6-3-1-2-4-7(6)10-11-8/h1-5,9H2,(H,10,11). The van der Waals surface area contributed by atoms with Gasteiger partial charge in [0.2, 0.25) is 0 Å². The molecule has 0 spiro atoms. The van der Waals surface area contributed by atoms with E-state index in [9.17, 15) is 0 Å². The van der Waals surface area contributed by atoms with E-state index in [4.69, 9.17) is 5.90 Å². The number of hydrogen-bond acceptors (Lipinski definition) is 3. The maximum atomic E-state index is 5.00. The molecule has 0 saturated carbocycles. The molecule has 3 N–H and O–H groups in total. The first-order chi connectivity index (χ1) is 5.92. The molecule has 0 amide bonds. The van der Waals surface area contributed by atoms with Gasteiger partial charge in [0.05, 0.1) is 5.69 Å². The average molecular weight is 167 g/mol. The van der Waals surface area contributed by atoms with E-state index in [1.54, 1.807) is 0 Å². The Kier molecular flexibility index (Phi) is 2.10. The molecule has 0 aliphatic heterocycles. The van der Waals surface area contributed by atoms with E-state index < -0.39 is 0 Å². The number of aromatic amines is 1. The average Bonchev–Trinajstić information content (AvgIpc) is 2.50. The normalized spacial score (nSPS) is 16.1. The number of H-pyrrole nitrogens is 1. The van der Waals surface area contributed by atoms with Crippen molar-refractivity contribution in [1.29, 1.82) is 0 Å². The monoisotopic (exact) mass is 167 g/mol. The Bertz CT molecular complexity index is 269. The molecule has 4 nitrogen and oxygen atoms in total. The van der Waals surface area contributed by atoms with Crippen molar-refractivity contribution in [3.63, 3.8) is 0 Å². The van der Waals surface area contributed by atoms with Crippen molar-refractivity contribution in [2.45, 2.75) is 32.3 Å². The molecule has 0 radical (unpaired) electrons. The Hall–Kier alpha value is -0.870. The van der Waals surface area contributed by atoms with Gasteiger partial charge >= 0.3 is 0 Å². The van der Waals surface area contributed by atoms with E-state index in [-0.39, 0.29) is 0 Å². The summed E-state index contributed by atoms with van der Waals surface area (Å²) in [6, 6.07) is 0. The van der Waals surface area contributed by atoms with E-state index >= 15 is 0 Å². The first-order valence-corrected chi connectivity index (χ1v) is 4.28. The van der Waals surface area contributed by atoms with Crippen molar-refractivity contribution in [2.75, 3.05) is 0 Å². The SMILES string of the molecule is NOCc1n[nH]c2c1CCCC2. The van der Waals surface area contributed by atoms with Gasteiger partial charge in [-0.15, -0.1) is 0 Å². The maximum Gasteiger partial charge on any atom is 0.112 e. The van der Waals surface area contributed by atoms with Gasteiger partial charge in [-0.2, -0.15) is 5.10 Å². The van der Waals surface area contributed by atoms with Gasteiger partial charge < -0.3 is 0 Å². The highest BCUT2D eigenvalue weighted by molar-refractivity contribution is 5.26. The highest BCUT2D eigenvalue weighted by Crippen LogP contribution is 2.21. The summed E-state index contributed by atoms with van der Waals surface area (Å²) in [6.07, 6.45) is 4.75. The van der Waals surface area contributed by atoms with Gasteiger partial charge in [0.15, 0.2) is 0 Å². The fourth-order valence-corrected chi connectivity index (χ4v) is 1.75. The molecule has 1 aromatic heterocycles. The van der Waals surface area contributed by atoms with Crippen LogP contribution < -0.4 is 5.90 Å². The fraction of sp³-hybridized carbons (Fsp3) is 0.625. The molecule has 1 aliphatic carbocycles. The third-order valence-electron chi connectivity index (χ3n) is 2.36. The van der Waals surface area contributed by atoms with Gasteiger partial charge in [-0.1, -0.05) is 0 Å². The largest absolute Gasteiger partial charge is 0.298 e. The summed E-state index contributed by atoms with van der Waals surface area (Å²) in [4.78, 5) is 4.57. The van der Waals surface area contributed by atoms with Crippen LogP contribution in [0.2, 0.25) is 0 Å². The quantitative estimate of drug-likeness (QED) is 0.636. The zero-order chi connectivity index (χ0) is 8.39. The van der Waals surface area contributed by atoms with E-state index in [0.717, 1.165) is 18.5 Å². The number of nitrogens with one attached hydrogen (secondary N) is 1. The summed E-state index contributed by atoms with van der Waals surface area (Å²) in [7, 11) is 0. The minimum Gasteiger partial charge on any atom is -0.298 e. The van der Waals surface area contributed by atoms with Gasteiger partial charge in [-0.25, -0.2) is 5.90 Å². The summed E-state index contributed by atoms with van der Waals surface area (Å²) >= 11 is 0. The number of aromatic nitrogens is 2. The molecule has 0 bridgehead atoms. The molecule has 2 rings (SSSR count). The van der Waals surface area contributed by atoms with Gasteiger partial charge in [0.1, 0.15) is 6.61 Å². The number of hydrogen-bond donors (Lipinski definition) is 2. The summed E-state index contributed by atoms with van der Waals surface area (Å²) in [5.41, 5.74) is 3.58. The van der Waals surface area contributed by atoms with Crippen molar-refractivity contribution >= 4 is 0 Å². The lowest BCUT2D eigenvalue weighted by molar-refractivity contribution is 0.120. The second kappa shape index (κ2) is 3.25. The topological polar surface area (TPSA) is 63.9 Å². The zero-order valence-corrected chi connectivity index (χ0v) is 6.97. The van der Waals surface area contributed by atoms with Crippen LogP contribution in [0.15, 0.2) is 0 Å². The van der Waals surface area contributed by atoms with Gasteiger partial charge in [-0.3, -0.25) is 9.94 Å². The van der Waals surface area contributed by atoms with Crippen molar-refractivity contribution in [1.82, 2.24) is 10.2 Å². The highest BCUT2D eigenvalue weighted by Gasteiger charge is 2.15. The Morgan fingerprint density at radius 1 is 1.42 bits per heavy atom. The third kappa shape index (κ3) is 1.23. The third-order valence-corrected chi connectivity index (χ3v) is 2.36. The molecule has 66 valence electrons. The molecule has 0 unspecified atom stereocenters. The number of rotatable bonds is 2. The minimum atomic E-state index is 0.422. The lowest BCUT2D eigenvalue weighted by atomic mass is 9.96. The summed E-state index contributed by atoms with van der Waals surface area (Å²) in [6.45, 7) is 0.422. The van der Waals surface area contributed by atoms with Crippen LogP contribution in [0.1, 0.15) is 29.8 Å². The number of nitrogens with two attached hydrogens (primary N) is 1. The Morgan fingerprint density at radius 3 is 3.08 bits per heavy atom. The number of fused-ring (bicyclic) bond motifs is 1. The molecule has 4 heteroatoms. The lowest BCUT2D eigenvalue weighted by Gasteiger charge is -2.10. The number of aryl methyl sites for hydroxylation is 1. The first kappa shape index (κ1) is 7.76. The molecule has 0 atom stereocenters.